The summed E-state index contributed by atoms with van der Waals surface area (Å²) in [5.41, 5.74) is 5.67. The van der Waals surface area contributed by atoms with Gasteiger partial charge in [-0.3, -0.25) is 4.79 Å². The minimum absolute atomic E-state index is 0.0381. The predicted octanol–water partition coefficient (Wildman–Crippen LogP) is 1.35. The Kier molecular flexibility index (Phi) is 3.04. The van der Waals surface area contributed by atoms with Crippen molar-refractivity contribution in [2.45, 2.75) is 45.6 Å². The summed E-state index contributed by atoms with van der Waals surface area (Å²) in [6, 6.07) is 0.153. The van der Waals surface area contributed by atoms with Crippen molar-refractivity contribution < 1.29 is 9.42 Å². The number of nitrogens with zero attached hydrogens (tertiary/aromatic N) is 2. The normalized spacial score (nSPS) is 23.3. The molecule has 1 amide bonds. The summed E-state index contributed by atoms with van der Waals surface area (Å²) in [5.74, 6) is -0.264. The highest BCUT2D eigenvalue weighted by Crippen LogP contribution is 2.35. The van der Waals surface area contributed by atoms with E-state index in [2.05, 4.69) is 34.1 Å². The minimum Gasteiger partial charge on any atom is -0.379 e. The molecule has 94 valence electrons. The van der Waals surface area contributed by atoms with Crippen molar-refractivity contribution in [1.82, 2.24) is 15.6 Å². The molecule has 2 rings (SSSR count). The van der Waals surface area contributed by atoms with Crippen LogP contribution in [0.1, 0.15) is 50.0 Å². The van der Waals surface area contributed by atoms with Crippen LogP contribution in [0.3, 0.4) is 0 Å². The van der Waals surface area contributed by atoms with Crippen molar-refractivity contribution >= 4 is 11.7 Å². The van der Waals surface area contributed by atoms with Crippen LogP contribution in [0, 0.1) is 5.41 Å². The molecule has 0 bridgehead atoms. The first-order valence-corrected chi connectivity index (χ1v) is 5.89. The molecule has 1 atom stereocenters. The third-order valence-electron chi connectivity index (χ3n) is 3.54. The number of carbonyl (C=O) groups is 1. The van der Waals surface area contributed by atoms with E-state index in [9.17, 15) is 4.79 Å². The van der Waals surface area contributed by atoms with Crippen LogP contribution in [-0.2, 0) is 0 Å². The SMILES string of the molecule is CC1(C)CCCCC1NC(=O)c1nonc1N. The highest BCUT2D eigenvalue weighted by atomic mass is 16.6. The lowest BCUT2D eigenvalue weighted by Crippen LogP contribution is -2.47. The highest BCUT2D eigenvalue weighted by molar-refractivity contribution is 5.96. The van der Waals surface area contributed by atoms with Gasteiger partial charge in [-0.15, -0.1) is 0 Å². The Morgan fingerprint density at radius 3 is 2.82 bits per heavy atom. The van der Waals surface area contributed by atoms with Crippen LogP contribution in [0.15, 0.2) is 4.63 Å². The van der Waals surface area contributed by atoms with Crippen molar-refractivity contribution in [2.24, 2.45) is 5.41 Å². The molecule has 1 aliphatic carbocycles. The predicted molar refractivity (Wildman–Crippen MR) is 62.2 cm³/mol. The fourth-order valence-corrected chi connectivity index (χ4v) is 2.34. The van der Waals surface area contributed by atoms with Crippen molar-refractivity contribution in [2.75, 3.05) is 5.73 Å². The number of hydrogen-bond acceptors (Lipinski definition) is 5. The summed E-state index contributed by atoms with van der Waals surface area (Å²) < 4.78 is 4.42. The zero-order chi connectivity index (χ0) is 12.5. The average Bonchev–Trinajstić information content (AvgIpc) is 2.67. The summed E-state index contributed by atoms with van der Waals surface area (Å²) in [5, 5.41) is 9.87. The smallest absolute Gasteiger partial charge is 0.277 e. The molecular weight excluding hydrogens is 220 g/mol. The lowest BCUT2D eigenvalue weighted by atomic mass is 9.73. The molecule has 0 radical (unpaired) electrons. The second-order valence-electron chi connectivity index (χ2n) is 5.26. The molecule has 1 heterocycles. The standard InChI is InChI=1S/C11H18N4O2/c1-11(2)6-4-3-5-7(11)13-10(16)8-9(12)15-17-14-8/h7H,3-6H2,1-2H3,(H2,12,15)(H,13,16). The molecule has 6 nitrogen and oxygen atoms in total. The quantitative estimate of drug-likeness (QED) is 0.811. The van der Waals surface area contributed by atoms with Gasteiger partial charge in [0.2, 0.25) is 11.5 Å². The van der Waals surface area contributed by atoms with E-state index in [0.29, 0.717) is 0 Å². The fraction of sp³-hybridized carbons (Fsp3) is 0.727. The first-order chi connectivity index (χ1) is 8.00. The largest absolute Gasteiger partial charge is 0.379 e. The molecule has 1 aromatic rings. The van der Waals surface area contributed by atoms with E-state index in [-0.39, 0.29) is 28.9 Å². The Hall–Kier alpha value is -1.59. The van der Waals surface area contributed by atoms with Crippen LogP contribution in [0.5, 0.6) is 0 Å². The molecule has 0 saturated heterocycles. The van der Waals surface area contributed by atoms with E-state index >= 15 is 0 Å². The highest BCUT2D eigenvalue weighted by Gasteiger charge is 2.34. The van der Waals surface area contributed by atoms with Crippen LogP contribution in [0.2, 0.25) is 0 Å². The van der Waals surface area contributed by atoms with Gasteiger partial charge >= 0.3 is 0 Å². The lowest BCUT2D eigenvalue weighted by Gasteiger charge is -2.38. The van der Waals surface area contributed by atoms with Gasteiger partial charge in [-0.2, -0.15) is 0 Å². The molecule has 3 N–H and O–H groups in total. The number of nitrogen functional groups attached to an aromatic ring is 1. The number of nitrogens with one attached hydrogen (secondary N) is 1. The van der Waals surface area contributed by atoms with Gasteiger partial charge in [-0.25, -0.2) is 4.63 Å². The number of amides is 1. The first-order valence-electron chi connectivity index (χ1n) is 5.89. The number of carbonyl (C=O) groups excluding carboxylic acids is 1. The number of anilines is 1. The Balaban J connectivity index is 2.06. The third-order valence-corrected chi connectivity index (χ3v) is 3.54. The molecule has 17 heavy (non-hydrogen) atoms. The van der Waals surface area contributed by atoms with Gasteiger partial charge in [0.05, 0.1) is 0 Å². The lowest BCUT2D eigenvalue weighted by molar-refractivity contribution is 0.0844. The van der Waals surface area contributed by atoms with Crippen molar-refractivity contribution in [3.05, 3.63) is 5.69 Å². The second-order valence-corrected chi connectivity index (χ2v) is 5.26. The van der Waals surface area contributed by atoms with Crippen LogP contribution >= 0.6 is 0 Å². The Morgan fingerprint density at radius 2 is 2.24 bits per heavy atom. The number of rotatable bonds is 2. The van der Waals surface area contributed by atoms with Gasteiger partial charge in [0.1, 0.15) is 0 Å². The molecule has 1 aromatic heterocycles. The zero-order valence-electron chi connectivity index (χ0n) is 10.2. The topological polar surface area (TPSA) is 94.0 Å². The molecule has 1 aliphatic rings. The Morgan fingerprint density at radius 1 is 1.47 bits per heavy atom. The van der Waals surface area contributed by atoms with E-state index in [0.717, 1.165) is 19.3 Å². The van der Waals surface area contributed by atoms with Crippen molar-refractivity contribution in [3.8, 4) is 0 Å². The Labute approximate surface area is 99.9 Å². The maximum Gasteiger partial charge on any atom is 0.277 e. The van der Waals surface area contributed by atoms with Gasteiger partial charge in [-0.05, 0) is 28.6 Å². The molecule has 6 heteroatoms. The van der Waals surface area contributed by atoms with Gasteiger partial charge in [0, 0.05) is 6.04 Å². The van der Waals surface area contributed by atoms with E-state index < -0.39 is 0 Å². The molecule has 1 saturated carbocycles. The summed E-state index contributed by atoms with van der Waals surface area (Å²) in [6.45, 7) is 4.34. The van der Waals surface area contributed by atoms with E-state index in [1.54, 1.807) is 0 Å². The van der Waals surface area contributed by atoms with Gasteiger partial charge in [0.25, 0.3) is 5.91 Å². The van der Waals surface area contributed by atoms with E-state index in [1.807, 2.05) is 0 Å². The molecule has 1 fully saturated rings. The van der Waals surface area contributed by atoms with Gasteiger partial charge < -0.3 is 11.1 Å². The molecule has 0 spiro atoms. The maximum absolute atomic E-state index is 11.9. The number of nitrogens with two attached hydrogens (primary N) is 1. The zero-order valence-corrected chi connectivity index (χ0v) is 10.2. The Bertz CT molecular complexity index is 413. The van der Waals surface area contributed by atoms with Gasteiger partial charge in [-0.1, -0.05) is 26.7 Å². The van der Waals surface area contributed by atoms with Crippen LogP contribution < -0.4 is 11.1 Å². The second kappa shape index (κ2) is 4.35. The monoisotopic (exact) mass is 238 g/mol. The summed E-state index contributed by atoms with van der Waals surface area (Å²) in [6.07, 6.45) is 4.46. The first kappa shape index (κ1) is 11.9. The maximum atomic E-state index is 11.9. The average molecular weight is 238 g/mol. The minimum atomic E-state index is -0.302. The summed E-state index contributed by atoms with van der Waals surface area (Å²) in [7, 11) is 0. The van der Waals surface area contributed by atoms with E-state index in [1.165, 1.54) is 6.42 Å². The molecular formula is C11H18N4O2. The van der Waals surface area contributed by atoms with Crippen LogP contribution in [0.4, 0.5) is 5.82 Å². The number of aromatic nitrogens is 2. The van der Waals surface area contributed by atoms with Crippen molar-refractivity contribution in [1.29, 1.82) is 0 Å². The van der Waals surface area contributed by atoms with Crippen LogP contribution in [-0.4, -0.2) is 22.3 Å². The van der Waals surface area contributed by atoms with Gasteiger partial charge in [0.15, 0.2) is 0 Å². The fourth-order valence-electron chi connectivity index (χ4n) is 2.34. The van der Waals surface area contributed by atoms with Crippen LogP contribution in [0.25, 0.3) is 0 Å². The molecule has 0 aromatic carbocycles. The van der Waals surface area contributed by atoms with E-state index in [4.69, 9.17) is 5.73 Å². The molecule has 0 aliphatic heterocycles. The molecule has 1 unspecified atom stereocenters. The third kappa shape index (κ3) is 2.40. The van der Waals surface area contributed by atoms with Crippen molar-refractivity contribution in [3.63, 3.8) is 0 Å². The number of hydrogen-bond donors (Lipinski definition) is 2. The summed E-state index contributed by atoms with van der Waals surface area (Å²) >= 11 is 0. The summed E-state index contributed by atoms with van der Waals surface area (Å²) in [4.78, 5) is 11.9.